The first-order valence-corrected chi connectivity index (χ1v) is 7.26. The molecule has 1 aliphatic rings. The van der Waals surface area contributed by atoms with E-state index in [4.69, 9.17) is 0 Å². The highest BCUT2D eigenvalue weighted by Gasteiger charge is 2.18. The molecular formula is C14H16N8. The third-order valence-electron chi connectivity index (χ3n) is 3.77. The van der Waals surface area contributed by atoms with Crippen molar-refractivity contribution in [3.05, 3.63) is 30.6 Å². The average molecular weight is 296 g/mol. The zero-order chi connectivity index (χ0) is 14.9. The number of nitrogens with one attached hydrogen (secondary N) is 1. The summed E-state index contributed by atoms with van der Waals surface area (Å²) in [5, 5.41) is 8.74. The van der Waals surface area contributed by atoms with E-state index in [2.05, 4.69) is 35.3 Å². The minimum absolute atomic E-state index is 0.715. The van der Waals surface area contributed by atoms with E-state index in [9.17, 15) is 0 Å². The lowest BCUT2D eigenvalue weighted by atomic mass is 10.3. The maximum atomic E-state index is 4.46. The van der Waals surface area contributed by atoms with Crippen molar-refractivity contribution in [2.45, 2.75) is 6.92 Å². The minimum Gasteiger partial charge on any atom is -0.353 e. The van der Waals surface area contributed by atoms with Crippen molar-refractivity contribution in [2.24, 2.45) is 0 Å². The predicted molar refractivity (Wildman–Crippen MR) is 82.1 cm³/mol. The summed E-state index contributed by atoms with van der Waals surface area (Å²) in [6, 6.07) is 1.89. The SMILES string of the molecule is Cc1cc(-n2ncc3c(N4CCNCC4)ncnc32)ncn1. The lowest BCUT2D eigenvalue weighted by Gasteiger charge is -2.28. The van der Waals surface area contributed by atoms with Crippen LogP contribution >= 0.6 is 0 Å². The zero-order valence-electron chi connectivity index (χ0n) is 12.3. The van der Waals surface area contributed by atoms with E-state index in [1.54, 1.807) is 11.0 Å². The molecule has 112 valence electrons. The van der Waals surface area contributed by atoms with Crippen molar-refractivity contribution in [3.63, 3.8) is 0 Å². The van der Waals surface area contributed by atoms with Gasteiger partial charge in [0.1, 0.15) is 18.5 Å². The minimum atomic E-state index is 0.715. The molecule has 0 unspecified atom stereocenters. The van der Waals surface area contributed by atoms with E-state index < -0.39 is 0 Å². The Morgan fingerprint density at radius 1 is 1.05 bits per heavy atom. The van der Waals surface area contributed by atoms with Crippen molar-refractivity contribution in [1.82, 2.24) is 35.0 Å². The van der Waals surface area contributed by atoms with E-state index >= 15 is 0 Å². The monoisotopic (exact) mass is 296 g/mol. The van der Waals surface area contributed by atoms with E-state index in [-0.39, 0.29) is 0 Å². The van der Waals surface area contributed by atoms with Crippen LogP contribution in [0.4, 0.5) is 5.82 Å². The van der Waals surface area contributed by atoms with Crippen molar-refractivity contribution in [2.75, 3.05) is 31.1 Å². The Labute approximate surface area is 127 Å². The highest BCUT2D eigenvalue weighted by molar-refractivity contribution is 5.87. The molecule has 22 heavy (non-hydrogen) atoms. The van der Waals surface area contributed by atoms with E-state index in [1.807, 2.05) is 19.2 Å². The molecule has 0 saturated carbocycles. The number of aromatic nitrogens is 6. The second-order valence-corrected chi connectivity index (χ2v) is 5.25. The van der Waals surface area contributed by atoms with Crippen LogP contribution in [0.2, 0.25) is 0 Å². The number of fused-ring (bicyclic) bond motifs is 1. The highest BCUT2D eigenvalue weighted by atomic mass is 15.3. The third-order valence-corrected chi connectivity index (χ3v) is 3.77. The van der Waals surface area contributed by atoms with Crippen molar-refractivity contribution in [3.8, 4) is 5.82 Å². The highest BCUT2D eigenvalue weighted by Crippen LogP contribution is 2.24. The maximum Gasteiger partial charge on any atom is 0.170 e. The van der Waals surface area contributed by atoms with Crippen LogP contribution < -0.4 is 10.2 Å². The molecule has 1 N–H and O–H groups in total. The first-order chi connectivity index (χ1) is 10.8. The molecule has 0 spiro atoms. The number of hydrogen-bond donors (Lipinski definition) is 1. The topological polar surface area (TPSA) is 84.7 Å². The molecule has 0 atom stereocenters. The molecule has 1 saturated heterocycles. The van der Waals surface area contributed by atoms with Crippen molar-refractivity contribution >= 4 is 16.9 Å². The molecule has 0 aliphatic carbocycles. The van der Waals surface area contributed by atoms with Crippen LogP contribution in [0.5, 0.6) is 0 Å². The van der Waals surface area contributed by atoms with E-state index in [0.29, 0.717) is 5.82 Å². The normalized spacial score (nSPS) is 15.4. The molecule has 1 aliphatic heterocycles. The molecule has 4 heterocycles. The smallest absolute Gasteiger partial charge is 0.170 e. The largest absolute Gasteiger partial charge is 0.353 e. The number of hydrogen-bond acceptors (Lipinski definition) is 7. The Morgan fingerprint density at radius 2 is 1.86 bits per heavy atom. The average Bonchev–Trinajstić information content (AvgIpc) is 3.00. The molecule has 0 aromatic carbocycles. The first kappa shape index (κ1) is 13.1. The maximum absolute atomic E-state index is 4.46. The van der Waals surface area contributed by atoms with E-state index in [0.717, 1.165) is 48.7 Å². The molecule has 0 radical (unpaired) electrons. The molecule has 0 bridgehead atoms. The van der Waals surface area contributed by atoms with Gasteiger partial charge in [0, 0.05) is 37.9 Å². The summed E-state index contributed by atoms with van der Waals surface area (Å²) in [5.41, 5.74) is 1.66. The van der Waals surface area contributed by atoms with Crippen LogP contribution in [-0.2, 0) is 0 Å². The van der Waals surface area contributed by atoms with Gasteiger partial charge in [-0.3, -0.25) is 0 Å². The lowest BCUT2D eigenvalue weighted by Crippen LogP contribution is -2.44. The van der Waals surface area contributed by atoms with Gasteiger partial charge in [-0.1, -0.05) is 0 Å². The van der Waals surface area contributed by atoms with Gasteiger partial charge in [0.25, 0.3) is 0 Å². The summed E-state index contributed by atoms with van der Waals surface area (Å²) in [6.07, 6.45) is 4.94. The van der Waals surface area contributed by atoms with Gasteiger partial charge in [-0.2, -0.15) is 9.78 Å². The fourth-order valence-electron chi connectivity index (χ4n) is 2.68. The fraction of sp³-hybridized carbons (Fsp3) is 0.357. The Morgan fingerprint density at radius 3 is 2.68 bits per heavy atom. The van der Waals surface area contributed by atoms with Gasteiger partial charge in [0.05, 0.1) is 11.6 Å². The summed E-state index contributed by atoms with van der Waals surface area (Å²) in [5.74, 6) is 1.65. The second-order valence-electron chi connectivity index (χ2n) is 5.25. The zero-order valence-corrected chi connectivity index (χ0v) is 12.3. The Hall–Kier alpha value is -2.61. The summed E-state index contributed by atoms with van der Waals surface area (Å²) in [7, 11) is 0. The Bertz CT molecular complexity index is 805. The molecule has 4 rings (SSSR count). The standard InChI is InChI=1S/C14H16N8/c1-10-6-12(17-8-16-10)22-14-11(7-20-22)13(18-9-19-14)21-4-2-15-3-5-21/h6-9,15H,2-5H2,1H3. The van der Waals surface area contributed by atoms with Gasteiger partial charge in [-0.25, -0.2) is 19.9 Å². The molecule has 3 aromatic heterocycles. The lowest BCUT2D eigenvalue weighted by molar-refractivity contribution is 0.586. The number of aryl methyl sites for hydroxylation is 1. The molecule has 3 aromatic rings. The molecule has 1 fully saturated rings. The van der Waals surface area contributed by atoms with Gasteiger partial charge >= 0.3 is 0 Å². The van der Waals surface area contributed by atoms with Crippen LogP contribution in [0.15, 0.2) is 24.9 Å². The Balaban J connectivity index is 1.83. The predicted octanol–water partition coefficient (Wildman–Crippen LogP) is 0.324. The fourth-order valence-corrected chi connectivity index (χ4v) is 2.68. The number of anilines is 1. The van der Waals surface area contributed by atoms with Crippen LogP contribution in [-0.4, -0.2) is 55.9 Å². The molecular weight excluding hydrogens is 280 g/mol. The van der Waals surface area contributed by atoms with Crippen molar-refractivity contribution in [1.29, 1.82) is 0 Å². The second kappa shape index (κ2) is 5.30. The molecule has 8 heteroatoms. The van der Waals surface area contributed by atoms with Crippen molar-refractivity contribution < 1.29 is 0 Å². The van der Waals surface area contributed by atoms with Gasteiger partial charge < -0.3 is 10.2 Å². The van der Waals surface area contributed by atoms with Gasteiger partial charge in [-0.15, -0.1) is 0 Å². The van der Waals surface area contributed by atoms with E-state index in [1.165, 1.54) is 6.33 Å². The van der Waals surface area contributed by atoms with Gasteiger partial charge in [0.2, 0.25) is 0 Å². The first-order valence-electron chi connectivity index (χ1n) is 7.26. The van der Waals surface area contributed by atoms with Crippen LogP contribution in [0, 0.1) is 6.92 Å². The summed E-state index contributed by atoms with van der Waals surface area (Å²) < 4.78 is 1.73. The van der Waals surface area contributed by atoms with Crippen LogP contribution in [0.1, 0.15) is 5.69 Å². The summed E-state index contributed by atoms with van der Waals surface area (Å²) in [4.78, 5) is 19.5. The van der Waals surface area contributed by atoms with Crippen LogP contribution in [0.3, 0.4) is 0 Å². The number of rotatable bonds is 2. The van der Waals surface area contributed by atoms with Gasteiger partial charge in [0.15, 0.2) is 11.5 Å². The van der Waals surface area contributed by atoms with Gasteiger partial charge in [-0.05, 0) is 6.92 Å². The Kier molecular flexibility index (Phi) is 3.15. The third kappa shape index (κ3) is 2.17. The quantitative estimate of drug-likeness (QED) is 0.729. The molecule has 8 nitrogen and oxygen atoms in total. The number of piperazine rings is 1. The number of nitrogens with zero attached hydrogens (tertiary/aromatic N) is 7. The summed E-state index contributed by atoms with van der Waals surface area (Å²) in [6.45, 7) is 5.72. The van der Waals surface area contributed by atoms with Crippen LogP contribution in [0.25, 0.3) is 16.9 Å². The molecule has 0 amide bonds. The summed E-state index contributed by atoms with van der Waals surface area (Å²) >= 11 is 0.